The molecule has 130 valence electrons. The molecular formula is C19H15FN4O2. The molecule has 0 fully saturated rings. The first-order valence-corrected chi connectivity index (χ1v) is 8.12. The molecule has 0 saturated heterocycles. The SMILES string of the molecule is O=C1C[C@H](C(=O)Nc2ccccc2F)n2nc(-c3ccccc3)cc2N1. The van der Waals surface area contributed by atoms with Crippen LogP contribution in [-0.4, -0.2) is 21.6 Å². The number of para-hydroxylation sites is 1. The molecule has 0 aliphatic carbocycles. The van der Waals surface area contributed by atoms with Crippen molar-refractivity contribution in [1.82, 2.24) is 9.78 Å². The lowest BCUT2D eigenvalue weighted by Gasteiger charge is -2.23. The summed E-state index contributed by atoms with van der Waals surface area (Å²) in [6.07, 6.45) is -0.0663. The molecule has 2 amide bonds. The van der Waals surface area contributed by atoms with E-state index in [0.29, 0.717) is 11.5 Å². The maximum atomic E-state index is 13.8. The van der Waals surface area contributed by atoms with Crippen LogP contribution < -0.4 is 10.6 Å². The average Bonchev–Trinajstić information content (AvgIpc) is 3.07. The Bertz CT molecular complexity index is 984. The Morgan fingerprint density at radius 1 is 1.15 bits per heavy atom. The molecule has 3 aromatic rings. The van der Waals surface area contributed by atoms with E-state index in [2.05, 4.69) is 15.7 Å². The molecule has 0 bridgehead atoms. The Hall–Kier alpha value is -3.48. The van der Waals surface area contributed by atoms with Crippen molar-refractivity contribution in [3.8, 4) is 11.3 Å². The van der Waals surface area contributed by atoms with E-state index in [1.165, 1.54) is 22.9 Å². The fourth-order valence-corrected chi connectivity index (χ4v) is 2.91. The molecular weight excluding hydrogens is 335 g/mol. The fraction of sp³-hybridized carbons (Fsp3) is 0.105. The lowest BCUT2D eigenvalue weighted by Crippen LogP contribution is -2.35. The second kappa shape index (κ2) is 6.44. The molecule has 2 aromatic carbocycles. The summed E-state index contributed by atoms with van der Waals surface area (Å²) in [4.78, 5) is 24.7. The van der Waals surface area contributed by atoms with Gasteiger partial charge in [-0.1, -0.05) is 42.5 Å². The van der Waals surface area contributed by atoms with Crippen molar-refractivity contribution in [2.45, 2.75) is 12.5 Å². The first kappa shape index (κ1) is 16.0. The Kier molecular flexibility index (Phi) is 3.96. The minimum Gasteiger partial charge on any atom is -0.322 e. The summed E-state index contributed by atoms with van der Waals surface area (Å²) in [5.74, 6) is -0.875. The van der Waals surface area contributed by atoms with Gasteiger partial charge in [0.1, 0.15) is 17.7 Å². The number of carbonyl (C=O) groups is 2. The number of amides is 2. The Morgan fingerprint density at radius 2 is 1.88 bits per heavy atom. The van der Waals surface area contributed by atoms with Gasteiger partial charge in [-0.25, -0.2) is 9.07 Å². The van der Waals surface area contributed by atoms with Gasteiger partial charge in [-0.15, -0.1) is 0 Å². The minimum absolute atomic E-state index is 0.0663. The highest BCUT2D eigenvalue weighted by atomic mass is 19.1. The molecule has 1 atom stereocenters. The van der Waals surface area contributed by atoms with Crippen molar-refractivity contribution in [1.29, 1.82) is 0 Å². The number of anilines is 2. The summed E-state index contributed by atoms with van der Waals surface area (Å²) in [5.41, 5.74) is 1.59. The summed E-state index contributed by atoms with van der Waals surface area (Å²) in [6.45, 7) is 0. The van der Waals surface area contributed by atoms with Crippen molar-refractivity contribution in [3.05, 3.63) is 66.5 Å². The van der Waals surface area contributed by atoms with E-state index in [1.54, 1.807) is 12.1 Å². The lowest BCUT2D eigenvalue weighted by molar-refractivity contribution is -0.125. The number of benzene rings is 2. The van der Waals surface area contributed by atoms with E-state index in [9.17, 15) is 14.0 Å². The number of nitrogens with zero attached hydrogens (tertiary/aromatic N) is 2. The topological polar surface area (TPSA) is 76.0 Å². The van der Waals surface area contributed by atoms with Crippen LogP contribution in [0.3, 0.4) is 0 Å². The predicted octanol–water partition coefficient (Wildman–Crippen LogP) is 3.21. The number of fused-ring (bicyclic) bond motifs is 1. The number of hydrogen-bond donors (Lipinski definition) is 2. The molecule has 6 nitrogen and oxygen atoms in total. The Morgan fingerprint density at radius 3 is 2.65 bits per heavy atom. The number of rotatable bonds is 3. The third kappa shape index (κ3) is 2.95. The molecule has 7 heteroatoms. The zero-order chi connectivity index (χ0) is 18.1. The number of nitrogens with one attached hydrogen (secondary N) is 2. The van der Waals surface area contributed by atoms with E-state index >= 15 is 0 Å². The van der Waals surface area contributed by atoms with Crippen LogP contribution in [0.2, 0.25) is 0 Å². The van der Waals surface area contributed by atoms with Crippen LogP contribution >= 0.6 is 0 Å². The molecule has 0 radical (unpaired) electrons. The maximum Gasteiger partial charge on any atom is 0.249 e. The van der Waals surface area contributed by atoms with Crippen LogP contribution in [0.25, 0.3) is 11.3 Å². The van der Waals surface area contributed by atoms with Crippen LogP contribution in [-0.2, 0) is 9.59 Å². The molecule has 1 aliphatic rings. The van der Waals surface area contributed by atoms with E-state index in [4.69, 9.17) is 0 Å². The van der Waals surface area contributed by atoms with E-state index in [0.717, 1.165) is 5.56 Å². The zero-order valence-corrected chi connectivity index (χ0v) is 13.6. The molecule has 0 unspecified atom stereocenters. The third-order valence-electron chi connectivity index (χ3n) is 4.18. The number of hydrogen-bond acceptors (Lipinski definition) is 3. The van der Waals surface area contributed by atoms with Gasteiger partial charge in [-0.05, 0) is 12.1 Å². The Labute approximate surface area is 148 Å². The van der Waals surface area contributed by atoms with E-state index in [1.807, 2.05) is 30.3 Å². The summed E-state index contributed by atoms with van der Waals surface area (Å²) in [6, 6.07) is 16.2. The molecule has 1 aliphatic heterocycles. The molecule has 1 aromatic heterocycles. The highest BCUT2D eigenvalue weighted by Gasteiger charge is 2.32. The standard InChI is InChI=1S/C19H15FN4O2/c20-13-8-4-5-9-14(13)21-19(26)16-11-18(25)22-17-10-15(23-24(16)17)12-6-2-1-3-7-12/h1-10,16H,11H2,(H,21,26)(H,22,25)/t16-/m1/s1. The molecule has 26 heavy (non-hydrogen) atoms. The van der Waals surface area contributed by atoms with Gasteiger partial charge in [0.25, 0.3) is 0 Å². The van der Waals surface area contributed by atoms with Crippen LogP contribution in [0.5, 0.6) is 0 Å². The van der Waals surface area contributed by atoms with Gasteiger partial charge in [0.2, 0.25) is 11.8 Å². The van der Waals surface area contributed by atoms with Gasteiger partial charge in [-0.3, -0.25) is 9.59 Å². The normalized spacial score (nSPS) is 15.9. The van der Waals surface area contributed by atoms with E-state index in [-0.39, 0.29) is 18.0 Å². The fourth-order valence-electron chi connectivity index (χ4n) is 2.91. The van der Waals surface area contributed by atoms with Gasteiger partial charge in [0, 0.05) is 11.6 Å². The third-order valence-corrected chi connectivity index (χ3v) is 4.18. The lowest BCUT2D eigenvalue weighted by atomic mass is 10.1. The molecule has 2 N–H and O–H groups in total. The molecule has 4 rings (SSSR count). The number of aromatic nitrogens is 2. The zero-order valence-electron chi connectivity index (χ0n) is 13.6. The average molecular weight is 350 g/mol. The van der Waals surface area contributed by atoms with Crippen molar-refractivity contribution < 1.29 is 14.0 Å². The van der Waals surface area contributed by atoms with Gasteiger partial charge >= 0.3 is 0 Å². The minimum atomic E-state index is -0.851. The number of halogens is 1. The predicted molar refractivity (Wildman–Crippen MR) is 95.0 cm³/mol. The van der Waals surface area contributed by atoms with Crippen molar-refractivity contribution in [2.24, 2.45) is 0 Å². The molecule has 0 spiro atoms. The summed E-state index contributed by atoms with van der Waals surface area (Å²) in [5, 5.41) is 9.72. The van der Waals surface area contributed by atoms with Gasteiger partial charge < -0.3 is 10.6 Å². The smallest absolute Gasteiger partial charge is 0.249 e. The molecule has 0 saturated carbocycles. The highest BCUT2D eigenvalue weighted by Crippen LogP contribution is 2.30. The van der Waals surface area contributed by atoms with Crippen LogP contribution in [0.1, 0.15) is 12.5 Å². The summed E-state index contributed by atoms with van der Waals surface area (Å²) >= 11 is 0. The second-order valence-corrected chi connectivity index (χ2v) is 5.96. The van der Waals surface area contributed by atoms with Gasteiger partial charge in [-0.2, -0.15) is 5.10 Å². The second-order valence-electron chi connectivity index (χ2n) is 5.96. The summed E-state index contributed by atoms with van der Waals surface area (Å²) < 4.78 is 15.3. The number of carbonyl (C=O) groups excluding carboxylic acids is 2. The van der Waals surface area contributed by atoms with E-state index < -0.39 is 17.8 Å². The Balaban J connectivity index is 1.66. The highest BCUT2D eigenvalue weighted by molar-refractivity contribution is 6.01. The van der Waals surface area contributed by atoms with Crippen LogP contribution in [0.15, 0.2) is 60.7 Å². The largest absolute Gasteiger partial charge is 0.322 e. The van der Waals surface area contributed by atoms with Gasteiger partial charge in [0.05, 0.1) is 17.8 Å². The summed E-state index contributed by atoms with van der Waals surface area (Å²) in [7, 11) is 0. The monoisotopic (exact) mass is 350 g/mol. The molecule has 2 heterocycles. The first-order chi connectivity index (χ1) is 12.6. The van der Waals surface area contributed by atoms with Gasteiger partial charge in [0.15, 0.2) is 0 Å². The van der Waals surface area contributed by atoms with Crippen LogP contribution in [0, 0.1) is 5.82 Å². The quantitative estimate of drug-likeness (QED) is 0.762. The van der Waals surface area contributed by atoms with Crippen LogP contribution in [0.4, 0.5) is 15.9 Å². The van der Waals surface area contributed by atoms with Crippen molar-refractivity contribution in [3.63, 3.8) is 0 Å². The van der Waals surface area contributed by atoms with Crippen molar-refractivity contribution in [2.75, 3.05) is 10.6 Å². The maximum absolute atomic E-state index is 13.8. The first-order valence-electron chi connectivity index (χ1n) is 8.12. The van der Waals surface area contributed by atoms with Crippen molar-refractivity contribution >= 4 is 23.3 Å².